The molecule has 5 heteroatoms. The number of rotatable bonds is 4. The fourth-order valence-corrected chi connectivity index (χ4v) is 1.96. The first-order valence-electron chi connectivity index (χ1n) is 5.49. The summed E-state index contributed by atoms with van der Waals surface area (Å²) >= 11 is 0. The van der Waals surface area contributed by atoms with Crippen LogP contribution in [0.1, 0.15) is 27.7 Å². The molecule has 17 heavy (non-hydrogen) atoms. The number of esters is 1. The van der Waals surface area contributed by atoms with Crippen molar-refractivity contribution in [3.05, 3.63) is 11.9 Å². The maximum absolute atomic E-state index is 13.4. The highest BCUT2D eigenvalue weighted by Crippen LogP contribution is 2.59. The molecule has 2 atom stereocenters. The minimum Gasteiger partial charge on any atom is -0.481 e. The second-order valence-corrected chi connectivity index (χ2v) is 5.13. The van der Waals surface area contributed by atoms with E-state index in [2.05, 4.69) is 4.74 Å². The Balaban J connectivity index is 2.71. The molecule has 1 rings (SSSR count). The molecule has 1 aliphatic carbocycles. The molecule has 1 saturated carbocycles. The second-order valence-electron chi connectivity index (χ2n) is 5.13. The highest BCUT2D eigenvalue weighted by molar-refractivity contribution is 5.86. The Bertz CT molecular complexity index is 371. The summed E-state index contributed by atoms with van der Waals surface area (Å²) < 4.78 is 18.1. The van der Waals surface area contributed by atoms with Gasteiger partial charge in [-0.05, 0) is 31.3 Å². The Morgan fingerprint density at radius 1 is 1.41 bits per heavy atom. The number of carboxylic acid groups (broad SMARTS) is 1. The van der Waals surface area contributed by atoms with Crippen LogP contribution in [0.3, 0.4) is 0 Å². The number of allylic oxidation sites excluding steroid dienone is 1. The van der Waals surface area contributed by atoms with Gasteiger partial charge in [0.05, 0.1) is 12.0 Å². The molecular weight excluding hydrogens is 227 g/mol. The highest BCUT2D eigenvalue weighted by Gasteiger charge is 2.61. The normalized spacial score (nSPS) is 26.8. The summed E-state index contributed by atoms with van der Waals surface area (Å²) in [6, 6.07) is 0. The molecule has 1 fully saturated rings. The van der Waals surface area contributed by atoms with Crippen LogP contribution in [0.4, 0.5) is 4.39 Å². The maximum atomic E-state index is 13.4. The topological polar surface area (TPSA) is 63.6 Å². The molecule has 4 nitrogen and oxygen atoms in total. The first-order chi connectivity index (χ1) is 7.67. The van der Waals surface area contributed by atoms with E-state index in [0.29, 0.717) is 0 Å². The van der Waals surface area contributed by atoms with E-state index in [1.807, 2.05) is 0 Å². The summed E-state index contributed by atoms with van der Waals surface area (Å²) in [5, 5.41) is 8.89. The molecule has 2 unspecified atom stereocenters. The van der Waals surface area contributed by atoms with E-state index >= 15 is 0 Å². The maximum Gasteiger partial charge on any atom is 0.367 e. The Morgan fingerprint density at radius 3 is 2.29 bits per heavy atom. The first-order valence-corrected chi connectivity index (χ1v) is 5.49. The summed E-state index contributed by atoms with van der Waals surface area (Å²) in [5.74, 6) is -4.12. The predicted octanol–water partition coefficient (Wildman–Crippen LogP) is 2.15. The van der Waals surface area contributed by atoms with Crippen molar-refractivity contribution in [2.75, 3.05) is 0 Å². The van der Waals surface area contributed by atoms with Crippen molar-refractivity contribution < 1.29 is 23.8 Å². The van der Waals surface area contributed by atoms with Gasteiger partial charge in [0.1, 0.15) is 0 Å². The first kappa shape index (κ1) is 13.7. The van der Waals surface area contributed by atoms with Crippen molar-refractivity contribution in [3.63, 3.8) is 0 Å². The van der Waals surface area contributed by atoms with Crippen molar-refractivity contribution in [2.45, 2.75) is 33.8 Å². The van der Waals surface area contributed by atoms with Crippen LogP contribution >= 0.6 is 0 Å². The van der Waals surface area contributed by atoms with Gasteiger partial charge in [0, 0.05) is 0 Å². The van der Waals surface area contributed by atoms with Crippen molar-refractivity contribution >= 4 is 11.9 Å². The Labute approximate surface area is 99.5 Å². The van der Waals surface area contributed by atoms with Gasteiger partial charge in [0.15, 0.2) is 0 Å². The lowest BCUT2D eigenvalue weighted by Gasteiger charge is -2.05. The summed E-state index contributed by atoms with van der Waals surface area (Å²) in [5.41, 5.74) is -0.513. The molecule has 0 saturated heterocycles. The highest BCUT2D eigenvalue weighted by atomic mass is 19.1. The molecule has 0 aromatic heterocycles. The molecule has 1 aliphatic rings. The van der Waals surface area contributed by atoms with Gasteiger partial charge in [-0.25, -0.2) is 4.79 Å². The van der Waals surface area contributed by atoms with E-state index in [1.54, 1.807) is 27.7 Å². The number of ether oxygens (including phenoxy) is 1. The van der Waals surface area contributed by atoms with Crippen LogP contribution in [-0.4, -0.2) is 23.1 Å². The summed E-state index contributed by atoms with van der Waals surface area (Å²) in [6.07, 6.45) is 0.660. The largest absolute Gasteiger partial charge is 0.481 e. The van der Waals surface area contributed by atoms with Crippen LogP contribution in [0.25, 0.3) is 0 Å². The van der Waals surface area contributed by atoms with Gasteiger partial charge in [-0.3, -0.25) is 4.79 Å². The predicted molar refractivity (Wildman–Crippen MR) is 58.8 cm³/mol. The second kappa shape index (κ2) is 4.47. The van der Waals surface area contributed by atoms with E-state index in [9.17, 15) is 14.0 Å². The molecule has 0 spiro atoms. The minimum absolute atomic E-state index is 0.399. The van der Waals surface area contributed by atoms with Crippen LogP contribution in [0.15, 0.2) is 11.9 Å². The molecule has 0 aromatic rings. The van der Waals surface area contributed by atoms with Crippen LogP contribution in [-0.2, 0) is 14.3 Å². The average molecular weight is 244 g/mol. The molecule has 0 aromatic carbocycles. The summed E-state index contributed by atoms with van der Waals surface area (Å²) in [7, 11) is 0. The van der Waals surface area contributed by atoms with E-state index < -0.39 is 41.1 Å². The Morgan fingerprint density at radius 2 is 1.94 bits per heavy atom. The molecule has 0 bridgehead atoms. The number of halogens is 1. The summed E-state index contributed by atoms with van der Waals surface area (Å²) in [4.78, 5) is 22.0. The fourth-order valence-electron chi connectivity index (χ4n) is 1.96. The van der Waals surface area contributed by atoms with Crippen LogP contribution in [0.2, 0.25) is 0 Å². The lowest BCUT2D eigenvalue weighted by atomic mass is 10.1. The zero-order valence-electron chi connectivity index (χ0n) is 10.4. The van der Waals surface area contributed by atoms with E-state index in [-0.39, 0.29) is 0 Å². The third-order valence-corrected chi connectivity index (χ3v) is 3.04. The number of aliphatic carboxylic acids is 1. The lowest BCUT2D eigenvalue weighted by Crippen LogP contribution is -2.12. The number of carbonyl (C=O) groups is 2. The van der Waals surface area contributed by atoms with Gasteiger partial charge >= 0.3 is 11.9 Å². The zero-order chi connectivity index (χ0) is 13.4. The lowest BCUT2D eigenvalue weighted by molar-refractivity contribution is -0.144. The average Bonchev–Trinajstić information content (AvgIpc) is 2.66. The van der Waals surface area contributed by atoms with E-state index in [1.165, 1.54) is 0 Å². The van der Waals surface area contributed by atoms with Gasteiger partial charge < -0.3 is 9.84 Å². The van der Waals surface area contributed by atoms with Crippen molar-refractivity contribution in [1.82, 2.24) is 0 Å². The molecule has 1 N–H and O–H groups in total. The number of hydrogen-bond donors (Lipinski definition) is 1. The van der Waals surface area contributed by atoms with Gasteiger partial charge in [-0.15, -0.1) is 0 Å². The van der Waals surface area contributed by atoms with Crippen molar-refractivity contribution in [3.8, 4) is 0 Å². The Kier molecular flexibility index (Phi) is 3.59. The minimum atomic E-state index is -1.04. The quantitative estimate of drug-likeness (QED) is 0.608. The molecule has 0 heterocycles. The third kappa shape index (κ3) is 2.84. The standard InChI is InChI=1S/C12H17FO4/c1-6(2)17-11(16)8(13)5-7-9(10(14)15)12(7,3)4/h5-7,9H,1-4H3,(H,14,15)/b8-5+. The SMILES string of the molecule is CC(C)OC(=O)/C(F)=C\C1C(C(=O)O)C1(C)C. The van der Waals surface area contributed by atoms with Crippen LogP contribution < -0.4 is 0 Å². The van der Waals surface area contributed by atoms with Crippen LogP contribution in [0, 0.1) is 17.3 Å². The molecule has 0 amide bonds. The number of hydrogen-bond acceptors (Lipinski definition) is 3. The fraction of sp³-hybridized carbons (Fsp3) is 0.667. The van der Waals surface area contributed by atoms with Crippen molar-refractivity contribution in [1.29, 1.82) is 0 Å². The van der Waals surface area contributed by atoms with E-state index in [0.717, 1.165) is 6.08 Å². The van der Waals surface area contributed by atoms with Gasteiger partial charge in [-0.2, -0.15) is 4.39 Å². The van der Waals surface area contributed by atoms with Gasteiger partial charge in [0.25, 0.3) is 0 Å². The Hall–Kier alpha value is -1.39. The number of carbonyl (C=O) groups excluding carboxylic acids is 1. The molecule has 96 valence electrons. The van der Waals surface area contributed by atoms with E-state index in [4.69, 9.17) is 5.11 Å². The molecule has 0 radical (unpaired) electrons. The third-order valence-electron chi connectivity index (χ3n) is 3.04. The van der Waals surface area contributed by atoms with Gasteiger partial charge in [0.2, 0.25) is 5.83 Å². The summed E-state index contributed by atoms with van der Waals surface area (Å²) in [6.45, 7) is 6.70. The van der Waals surface area contributed by atoms with Gasteiger partial charge in [-0.1, -0.05) is 13.8 Å². The monoisotopic (exact) mass is 244 g/mol. The van der Waals surface area contributed by atoms with Crippen LogP contribution in [0.5, 0.6) is 0 Å². The number of carboxylic acids is 1. The zero-order valence-corrected chi connectivity index (χ0v) is 10.4. The molecular formula is C12H17FO4. The van der Waals surface area contributed by atoms with Crippen molar-refractivity contribution in [2.24, 2.45) is 17.3 Å². The smallest absolute Gasteiger partial charge is 0.367 e. The molecule has 0 aliphatic heterocycles.